The molecule has 0 heterocycles. The quantitative estimate of drug-likeness (QED) is 0.587. The van der Waals surface area contributed by atoms with Crippen LogP contribution in [0.4, 0.5) is 10.1 Å². The molecular formula is C9H11ClFNO3. The van der Waals surface area contributed by atoms with Crippen LogP contribution < -0.4 is 5.32 Å². The Morgan fingerprint density at radius 3 is 2.73 bits per heavy atom. The first-order chi connectivity index (χ1) is 7.04. The Balaban J connectivity index is 2.73. The van der Waals surface area contributed by atoms with E-state index in [0.29, 0.717) is 0 Å². The number of aromatic hydroxyl groups is 1. The molecule has 1 aromatic rings. The van der Waals surface area contributed by atoms with Crippen LogP contribution in [0.3, 0.4) is 0 Å². The van der Waals surface area contributed by atoms with Gasteiger partial charge in [0, 0.05) is 18.7 Å². The van der Waals surface area contributed by atoms with Crippen LogP contribution >= 0.6 is 11.6 Å². The van der Waals surface area contributed by atoms with E-state index in [9.17, 15) is 9.50 Å². The minimum atomic E-state index is -0.969. The summed E-state index contributed by atoms with van der Waals surface area (Å²) in [6, 6.07) is 2.08. The maximum absolute atomic E-state index is 13.0. The number of nitrogens with one attached hydrogen (secondary N) is 1. The van der Waals surface area contributed by atoms with Crippen molar-refractivity contribution in [1.29, 1.82) is 0 Å². The third kappa shape index (κ3) is 3.23. The lowest BCUT2D eigenvalue weighted by Crippen LogP contribution is -2.23. The van der Waals surface area contributed by atoms with Gasteiger partial charge >= 0.3 is 0 Å². The van der Waals surface area contributed by atoms with E-state index in [1.807, 2.05) is 0 Å². The lowest BCUT2D eigenvalue weighted by molar-refractivity contribution is 0.105. The van der Waals surface area contributed by atoms with E-state index in [4.69, 9.17) is 21.8 Å². The molecule has 1 atom stereocenters. The highest BCUT2D eigenvalue weighted by Gasteiger charge is 2.09. The zero-order chi connectivity index (χ0) is 11.4. The predicted molar refractivity (Wildman–Crippen MR) is 54.7 cm³/mol. The molecule has 0 fully saturated rings. The summed E-state index contributed by atoms with van der Waals surface area (Å²) < 4.78 is 13.0. The summed E-state index contributed by atoms with van der Waals surface area (Å²) in [6.07, 6.45) is -0.969. The molecule has 0 saturated heterocycles. The van der Waals surface area contributed by atoms with E-state index >= 15 is 0 Å². The minimum Gasteiger partial charge on any atom is -0.506 e. The van der Waals surface area contributed by atoms with Crippen molar-refractivity contribution in [2.24, 2.45) is 0 Å². The average molecular weight is 236 g/mol. The molecular weight excluding hydrogens is 225 g/mol. The number of aliphatic hydroxyl groups excluding tert-OH is 2. The van der Waals surface area contributed by atoms with Crippen molar-refractivity contribution < 1.29 is 19.7 Å². The molecule has 1 rings (SSSR count). The summed E-state index contributed by atoms with van der Waals surface area (Å²) >= 11 is 5.42. The van der Waals surface area contributed by atoms with Crippen molar-refractivity contribution in [3.05, 3.63) is 23.0 Å². The fourth-order valence-corrected chi connectivity index (χ4v) is 1.13. The van der Waals surface area contributed by atoms with Crippen molar-refractivity contribution in [2.45, 2.75) is 6.10 Å². The Bertz CT molecular complexity index is 348. The fourth-order valence-electron chi connectivity index (χ4n) is 0.970. The number of halogens is 2. The van der Waals surface area contributed by atoms with Gasteiger partial charge in [-0.05, 0) is 0 Å². The smallest absolute Gasteiger partial charge is 0.144 e. The van der Waals surface area contributed by atoms with Gasteiger partial charge in [-0.1, -0.05) is 11.6 Å². The molecule has 0 aromatic heterocycles. The van der Waals surface area contributed by atoms with Gasteiger partial charge in [0.2, 0.25) is 0 Å². The summed E-state index contributed by atoms with van der Waals surface area (Å²) in [5.74, 6) is -0.887. The van der Waals surface area contributed by atoms with Crippen LogP contribution in [0.15, 0.2) is 12.1 Å². The standard InChI is InChI=1S/C9H11ClFNO3/c10-6-1-9(15)8(2-7(6)11)12-3-5(14)4-13/h1-2,5,12-15H,3-4H2. The van der Waals surface area contributed by atoms with Gasteiger partial charge in [-0.3, -0.25) is 0 Å². The van der Waals surface area contributed by atoms with Crippen molar-refractivity contribution in [3.8, 4) is 5.75 Å². The summed E-state index contributed by atoms with van der Waals surface area (Å²) in [6.45, 7) is -0.408. The highest BCUT2D eigenvalue weighted by Crippen LogP contribution is 2.29. The Labute approximate surface area is 90.9 Å². The summed E-state index contributed by atoms with van der Waals surface area (Å²) in [7, 11) is 0. The molecule has 0 aliphatic carbocycles. The first kappa shape index (κ1) is 12.0. The van der Waals surface area contributed by atoms with Crippen LogP contribution in [0.2, 0.25) is 5.02 Å². The summed E-state index contributed by atoms with van der Waals surface area (Å²) in [4.78, 5) is 0. The Kier molecular flexibility index (Phi) is 4.14. The number of hydrogen-bond acceptors (Lipinski definition) is 4. The number of phenols is 1. The largest absolute Gasteiger partial charge is 0.506 e. The average Bonchev–Trinajstić information content (AvgIpc) is 2.21. The lowest BCUT2D eigenvalue weighted by atomic mass is 10.2. The monoisotopic (exact) mass is 235 g/mol. The Morgan fingerprint density at radius 2 is 2.13 bits per heavy atom. The van der Waals surface area contributed by atoms with Gasteiger partial charge in [0.15, 0.2) is 0 Å². The molecule has 0 amide bonds. The van der Waals surface area contributed by atoms with E-state index < -0.39 is 18.5 Å². The van der Waals surface area contributed by atoms with Gasteiger partial charge in [0.1, 0.15) is 11.6 Å². The lowest BCUT2D eigenvalue weighted by Gasteiger charge is -2.11. The number of hydrogen-bond donors (Lipinski definition) is 4. The van der Waals surface area contributed by atoms with Crippen molar-refractivity contribution >= 4 is 17.3 Å². The second-order valence-electron chi connectivity index (χ2n) is 3.00. The van der Waals surface area contributed by atoms with Crippen LogP contribution in [0.25, 0.3) is 0 Å². The van der Waals surface area contributed by atoms with Gasteiger partial charge in [0.25, 0.3) is 0 Å². The molecule has 0 saturated carbocycles. The zero-order valence-electron chi connectivity index (χ0n) is 7.74. The highest BCUT2D eigenvalue weighted by atomic mass is 35.5. The molecule has 0 spiro atoms. The molecule has 0 radical (unpaired) electrons. The van der Waals surface area contributed by atoms with Crippen molar-refractivity contribution in [1.82, 2.24) is 0 Å². The molecule has 0 bridgehead atoms. The van der Waals surface area contributed by atoms with Crippen molar-refractivity contribution in [3.63, 3.8) is 0 Å². The molecule has 4 nitrogen and oxygen atoms in total. The summed E-state index contributed by atoms with van der Waals surface area (Å²) in [5.41, 5.74) is 0.115. The molecule has 1 unspecified atom stereocenters. The second kappa shape index (κ2) is 5.16. The van der Waals surface area contributed by atoms with Gasteiger partial charge in [-0.25, -0.2) is 4.39 Å². The molecule has 15 heavy (non-hydrogen) atoms. The zero-order valence-corrected chi connectivity index (χ0v) is 8.50. The van der Waals surface area contributed by atoms with E-state index in [1.54, 1.807) is 0 Å². The topological polar surface area (TPSA) is 72.7 Å². The first-order valence-electron chi connectivity index (χ1n) is 4.25. The van der Waals surface area contributed by atoms with Crippen LogP contribution in [0.5, 0.6) is 5.75 Å². The van der Waals surface area contributed by atoms with E-state index in [0.717, 1.165) is 12.1 Å². The molecule has 1 aromatic carbocycles. The van der Waals surface area contributed by atoms with E-state index in [1.165, 1.54) is 0 Å². The number of aliphatic hydroxyl groups is 2. The molecule has 0 aliphatic rings. The molecule has 0 aliphatic heterocycles. The highest BCUT2D eigenvalue weighted by molar-refractivity contribution is 6.31. The number of benzene rings is 1. The summed E-state index contributed by atoms with van der Waals surface area (Å²) in [5, 5.41) is 29.3. The van der Waals surface area contributed by atoms with Crippen LogP contribution in [-0.4, -0.2) is 34.6 Å². The maximum Gasteiger partial charge on any atom is 0.144 e. The fraction of sp³-hybridized carbons (Fsp3) is 0.333. The van der Waals surface area contributed by atoms with Gasteiger partial charge < -0.3 is 20.6 Å². The van der Waals surface area contributed by atoms with Crippen LogP contribution in [0, 0.1) is 5.82 Å². The number of anilines is 1. The van der Waals surface area contributed by atoms with E-state index in [2.05, 4.69) is 5.32 Å². The molecule has 4 N–H and O–H groups in total. The minimum absolute atomic E-state index is 0.00509. The second-order valence-corrected chi connectivity index (χ2v) is 3.41. The number of phenolic OH excluding ortho intramolecular Hbond substituents is 1. The SMILES string of the molecule is OCC(O)CNc1cc(F)c(Cl)cc1O. The Hall–Kier alpha value is -1.04. The molecule has 6 heteroatoms. The number of rotatable bonds is 4. The third-order valence-electron chi connectivity index (χ3n) is 1.78. The maximum atomic E-state index is 13.0. The predicted octanol–water partition coefficient (Wildman–Crippen LogP) is 0.950. The van der Waals surface area contributed by atoms with Crippen molar-refractivity contribution in [2.75, 3.05) is 18.5 Å². The van der Waals surface area contributed by atoms with E-state index in [-0.39, 0.29) is 23.0 Å². The normalized spacial score (nSPS) is 12.5. The van der Waals surface area contributed by atoms with Gasteiger partial charge in [-0.15, -0.1) is 0 Å². The first-order valence-corrected chi connectivity index (χ1v) is 4.63. The Morgan fingerprint density at radius 1 is 1.47 bits per heavy atom. The molecule has 84 valence electrons. The van der Waals surface area contributed by atoms with Gasteiger partial charge in [-0.2, -0.15) is 0 Å². The van der Waals surface area contributed by atoms with Crippen LogP contribution in [0.1, 0.15) is 0 Å². The third-order valence-corrected chi connectivity index (χ3v) is 2.07. The van der Waals surface area contributed by atoms with Gasteiger partial charge in [0.05, 0.1) is 23.4 Å². The van der Waals surface area contributed by atoms with Crippen LogP contribution in [-0.2, 0) is 0 Å².